The van der Waals surface area contributed by atoms with Crippen LogP contribution in [0.2, 0.25) is 0 Å². The fourth-order valence-electron chi connectivity index (χ4n) is 2.29. The van der Waals surface area contributed by atoms with Crippen molar-refractivity contribution in [3.63, 3.8) is 0 Å². The fraction of sp³-hybridized carbons (Fsp3) is 0.235. The summed E-state index contributed by atoms with van der Waals surface area (Å²) < 4.78 is 0.966. The molecule has 2 N–H and O–H groups in total. The molecule has 3 nitrogen and oxygen atoms in total. The molecule has 0 heterocycles. The Kier molecular flexibility index (Phi) is 5.02. The second-order valence-electron chi connectivity index (χ2n) is 5.04. The van der Waals surface area contributed by atoms with E-state index in [-0.39, 0.29) is 0 Å². The number of anilines is 1. The molecule has 0 spiro atoms. The summed E-state index contributed by atoms with van der Waals surface area (Å²) >= 11 is 3.38. The summed E-state index contributed by atoms with van der Waals surface area (Å²) in [5, 5.41) is 12.9. The van der Waals surface area contributed by atoms with Crippen molar-refractivity contribution in [2.24, 2.45) is 0 Å². The maximum atomic E-state index is 11.9. The van der Waals surface area contributed by atoms with Crippen molar-refractivity contribution >= 4 is 27.6 Å². The van der Waals surface area contributed by atoms with Crippen LogP contribution in [-0.4, -0.2) is 16.6 Å². The number of carbonyl (C=O) groups is 1. The van der Waals surface area contributed by atoms with E-state index in [9.17, 15) is 9.90 Å². The van der Waals surface area contributed by atoms with Crippen LogP contribution in [-0.2, 0) is 11.2 Å². The average molecular weight is 348 g/mol. The second kappa shape index (κ2) is 6.76. The van der Waals surface area contributed by atoms with Crippen LogP contribution in [0.1, 0.15) is 18.9 Å². The van der Waals surface area contributed by atoms with Gasteiger partial charge in [-0.1, -0.05) is 53.2 Å². The molecule has 0 bridgehead atoms. The van der Waals surface area contributed by atoms with Crippen LogP contribution in [0.4, 0.5) is 5.69 Å². The summed E-state index contributed by atoms with van der Waals surface area (Å²) in [6.45, 7) is 1.89. The number of carboxylic acids is 1. The zero-order valence-electron chi connectivity index (χ0n) is 11.8. The van der Waals surface area contributed by atoms with Crippen molar-refractivity contribution in [3.8, 4) is 0 Å². The lowest BCUT2D eigenvalue weighted by Gasteiger charge is -2.31. The SMILES string of the molecule is CCC(Cc1ccccc1)(Nc1ccc(Br)cc1)C(=O)O. The Morgan fingerprint density at radius 1 is 1.14 bits per heavy atom. The van der Waals surface area contributed by atoms with Gasteiger partial charge in [-0.2, -0.15) is 0 Å². The Morgan fingerprint density at radius 2 is 1.76 bits per heavy atom. The van der Waals surface area contributed by atoms with Gasteiger partial charge in [0.1, 0.15) is 5.54 Å². The Hall–Kier alpha value is -1.81. The number of carboxylic acid groups (broad SMARTS) is 1. The van der Waals surface area contributed by atoms with E-state index in [1.54, 1.807) is 0 Å². The third-order valence-electron chi connectivity index (χ3n) is 3.59. The van der Waals surface area contributed by atoms with Gasteiger partial charge in [0.25, 0.3) is 0 Å². The standard InChI is InChI=1S/C17H18BrNO2/c1-2-17(16(20)21,12-13-6-4-3-5-7-13)19-15-10-8-14(18)9-11-15/h3-11,19H,2,12H2,1H3,(H,20,21). The number of hydrogen-bond acceptors (Lipinski definition) is 2. The number of nitrogens with one attached hydrogen (secondary N) is 1. The van der Waals surface area contributed by atoms with E-state index in [4.69, 9.17) is 0 Å². The third-order valence-corrected chi connectivity index (χ3v) is 4.12. The average Bonchev–Trinajstić information content (AvgIpc) is 2.49. The summed E-state index contributed by atoms with van der Waals surface area (Å²) in [7, 11) is 0. The maximum Gasteiger partial charge on any atom is 0.329 e. The summed E-state index contributed by atoms with van der Waals surface area (Å²) in [6, 6.07) is 17.2. The molecule has 2 rings (SSSR count). The molecule has 4 heteroatoms. The molecule has 1 unspecified atom stereocenters. The second-order valence-corrected chi connectivity index (χ2v) is 5.95. The molecule has 0 radical (unpaired) electrons. The van der Waals surface area contributed by atoms with Crippen LogP contribution in [0, 0.1) is 0 Å². The van der Waals surface area contributed by atoms with Crippen LogP contribution >= 0.6 is 15.9 Å². The molecule has 0 aromatic heterocycles. The van der Waals surface area contributed by atoms with Gasteiger partial charge in [0, 0.05) is 16.6 Å². The predicted octanol–water partition coefficient (Wildman–Crippen LogP) is 4.34. The van der Waals surface area contributed by atoms with Gasteiger partial charge in [0.15, 0.2) is 0 Å². The first-order chi connectivity index (χ1) is 10.1. The maximum absolute atomic E-state index is 11.9. The van der Waals surface area contributed by atoms with E-state index >= 15 is 0 Å². The van der Waals surface area contributed by atoms with E-state index in [0.717, 1.165) is 15.7 Å². The molecule has 21 heavy (non-hydrogen) atoms. The van der Waals surface area contributed by atoms with Gasteiger partial charge < -0.3 is 10.4 Å². The van der Waals surface area contributed by atoms with Gasteiger partial charge in [-0.05, 0) is 36.2 Å². The highest BCUT2D eigenvalue weighted by molar-refractivity contribution is 9.10. The molecule has 0 aliphatic rings. The van der Waals surface area contributed by atoms with Crippen LogP contribution in [0.15, 0.2) is 59.1 Å². The van der Waals surface area contributed by atoms with Crippen molar-refractivity contribution in [1.29, 1.82) is 0 Å². The molecule has 1 atom stereocenters. The number of rotatable bonds is 6. The molecular formula is C17H18BrNO2. The van der Waals surface area contributed by atoms with E-state index in [0.29, 0.717) is 12.8 Å². The van der Waals surface area contributed by atoms with Crippen LogP contribution in [0.25, 0.3) is 0 Å². The van der Waals surface area contributed by atoms with Gasteiger partial charge in [0.2, 0.25) is 0 Å². The normalized spacial score (nSPS) is 13.4. The van der Waals surface area contributed by atoms with Gasteiger partial charge in [-0.15, -0.1) is 0 Å². The summed E-state index contributed by atoms with van der Waals surface area (Å²) in [5.74, 6) is -0.836. The van der Waals surface area contributed by atoms with Crippen LogP contribution in [0.5, 0.6) is 0 Å². The number of hydrogen-bond donors (Lipinski definition) is 2. The Balaban J connectivity index is 2.28. The molecule has 110 valence electrons. The van der Waals surface area contributed by atoms with Gasteiger partial charge in [-0.25, -0.2) is 4.79 Å². The molecule has 0 amide bonds. The van der Waals surface area contributed by atoms with Gasteiger partial charge in [-0.3, -0.25) is 0 Å². The van der Waals surface area contributed by atoms with E-state index in [1.807, 2.05) is 61.5 Å². The molecule has 0 saturated carbocycles. The topological polar surface area (TPSA) is 49.3 Å². The summed E-state index contributed by atoms with van der Waals surface area (Å²) in [5.41, 5.74) is 0.805. The molecule has 2 aromatic carbocycles. The zero-order chi connectivity index (χ0) is 15.3. The smallest absolute Gasteiger partial charge is 0.329 e. The summed E-state index contributed by atoms with van der Waals surface area (Å²) in [4.78, 5) is 11.9. The Labute approximate surface area is 133 Å². The van der Waals surface area contributed by atoms with E-state index < -0.39 is 11.5 Å². The van der Waals surface area contributed by atoms with E-state index in [2.05, 4.69) is 21.2 Å². The monoisotopic (exact) mass is 347 g/mol. The first-order valence-corrected chi connectivity index (χ1v) is 7.66. The quantitative estimate of drug-likeness (QED) is 0.817. The molecule has 0 fully saturated rings. The highest BCUT2D eigenvalue weighted by atomic mass is 79.9. The Morgan fingerprint density at radius 3 is 2.29 bits per heavy atom. The first-order valence-electron chi connectivity index (χ1n) is 6.87. The minimum absolute atomic E-state index is 0.440. The fourth-order valence-corrected chi connectivity index (χ4v) is 2.56. The lowest BCUT2D eigenvalue weighted by Crippen LogP contribution is -2.47. The molecule has 0 aliphatic carbocycles. The van der Waals surface area contributed by atoms with Gasteiger partial charge in [0.05, 0.1) is 0 Å². The third kappa shape index (κ3) is 3.85. The molecular weight excluding hydrogens is 330 g/mol. The highest BCUT2D eigenvalue weighted by Crippen LogP contribution is 2.25. The number of halogens is 1. The van der Waals surface area contributed by atoms with Gasteiger partial charge >= 0.3 is 5.97 Å². The van der Waals surface area contributed by atoms with Crippen molar-refractivity contribution < 1.29 is 9.90 Å². The molecule has 2 aromatic rings. The number of aliphatic carboxylic acids is 1. The minimum Gasteiger partial charge on any atom is -0.479 e. The molecule has 0 saturated heterocycles. The largest absolute Gasteiger partial charge is 0.479 e. The van der Waals surface area contributed by atoms with Crippen LogP contribution in [0.3, 0.4) is 0 Å². The Bertz CT molecular complexity index is 598. The van der Waals surface area contributed by atoms with Crippen molar-refractivity contribution in [2.45, 2.75) is 25.3 Å². The minimum atomic E-state index is -1.00. The highest BCUT2D eigenvalue weighted by Gasteiger charge is 2.36. The lowest BCUT2D eigenvalue weighted by molar-refractivity contribution is -0.142. The first kappa shape index (κ1) is 15.6. The van der Waals surface area contributed by atoms with E-state index in [1.165, 1.54) is 0 Å². The van der Waals surface area contributed by atoms with Crippen molar-refractivity contribution in [1.82, 2.24) is 0 Å². The lowest BCUT2D eigenvalue weighted by atomic mass is 9.87. The zero-order valence-corrected chi connectivity index (χ0v) is 13.4. The predicted molar refractivity (Wildman–Crippen MR) is 88.6 cm³/mol. The number of benzene rings is 2. The molecule has 0 aliphatic heterocycles. The van der Waals surface area contributed by atoms with Crippen LogP contribution < -0.4 is 5.32 Å². The summed E-state index contributed by atoms with van der Waals surface area (Å²) in [6.07, 6.45) is 0.934. The van der Waals surface area contributed by atoms with Crippen molar-refractivity contribution in [2.75, 3.05) is 5.32 Å². The van der Waals surface area contributed by atoms with Crippen molar-refractivity contribution in [3.05, 3.63) is 64.6 Å².